The number of hydrogen-bond acceptors (Lipinski definition) is 3. The Kier molecular flexibility index (Phi) is 2.67. The van der Waals surface area contributed by atoms with Crippen molar-refractivity contribution in [3.63, 3.8) is 0 Å². The van der Waals surface area contributed by atoms with Gasteiger partial charge in [0.2, 0.25) is 5.91 Å². The molecule has 0 spiro atoms. The summed E-state index contributed by atoms with van der Waals surface area (Å²) in [6, 6.07) is 6.89. The largest absolute Gasteiger partial charge is 0.324 e. The van der Waals surface area contributed by atoms with E-state index in [4.69, 9.17) is 0 Å². The van der Waals surface area contributed by atoms with Crippen molar-refractivity contribution in [3.05, 3.63) is 48.5 Å². The van der Waals surface area contributed by atoms with Crippen LogP contribution in [0.2, 0.25) is 0 Å². The van der Waals surface area contributed by atoms with Crippen molar-refractivity contribution in [2.75, 3.05) is 4.90 Å². The molecule has 0 aliphatic carbocycles. The first-order chi connectivity index (χ1) is 9.16. The van der Waals surface area contributed by atoms with Crippen LogP contribution in [-0.4, -0.2) is 21.4 Å². The number of imidazole rings is 1. The Labute approximate surface area is 110 Å². The van der Waals surface area contributed by atoms with E-state index in [1.807, 2.05) is 19.1 Å². The highest BCUT2D eigenvalue weighted by atomic mass is 16.2. The number of benzene rings is 1. The summed E-state index contributed by atoms with van der Waals surface area (Å²) in [5.41, 5.74) is 1.72. The van der Waals surface area contributed by atoms with E-state index in [2.05, 4.69) is 4.98 Å². The number of imide groups is 1. The SMILES string of the molecule is Cc1ccc(N2C(=O)C[C@@H](n3ccnc3)C2=O)cc1. The summed E-state index contributed by atoms with van der Waals surface area (Å²) in [4.78, 5) is 29.6. The zero-order valence-corrected chi connectivity index (χ0v) is 10.5. The monoisotopic (exact) mass is 255 g/mol. The van der Waals surface area contributed by atoms with E-state index in [1.165, 1.54) is 4.90 Å². The smallest absolute Gasteiger partial charge is 0.257 e. The first-order valence-corrected chi connectivity index (χ1v) is 6.08. The second kappa shape index (κ2) is 4.35. The predicted molar refractivity (Wildman–Crippen MR) is 69.6 cm³/mol. The Hall–Kier alpha value is -2.43. The molecule has 96 valence electrons. The van der Waals surface area contributed by atoms with Crippen LogP contribution in [0.5, 0.6) is 0 Å². The molecule has 19 heavy (non-hydrogen) atoms. The molecule has 5 nitrogen and oxygen atoms in total. The van der Waals surface area contributed by atoms with Gasteiger partial charge in [-0.05, 0) is 19.1 Å². The summed E-state index contributed by atoms with van der Waals surface area (Å²) in [5.74, 6) is -0.376. The van der Waals surface area contributed by atoms with Crippen molar-refractivity contribution < 1.29 is 9.59 Å². The standard InChI is InChI=1S/C14H13N3O2/c1-10-2-4-11(5-3-10)17-13(18)8-12(14(17)19)16-7-6-15-9-16/h2-7,9,12H,8H2,1H3/t12-/m1/s1. The van der Waals surface area contributed by atoms with Crippen LogP contribution in [0.1, 0.15) is 18.0 Å². The lowest BCUT2D eigenvalue weighted by atomic mass is 10.2. The normalized spacial score (nSPS) is 19.2. The summed E-state index contributed by atoms with van der Waals surface area (Å²) >= 11 is 0. The van der Waals surface area contributed by atoms with E-state index >= 15 is 0 Å². The third kappa shape index (κ3) is 1.93. The molecule has 2 amide bonds. The number of aryl methyl sites for hydroxylation is 1. The van der Waals surface area contributed by atoms with Gasteiger partial charge in [0.05, 0.1) is 18.4 Å². The lowest BCUT2D eigenvalue weighted by Crippen LogP contribution is -2.30. The number of aromatic nitrogens is 2. The number of carbonyl (C=O) groups is 2. The van der Waals surface area contributed by atoms with Gasteiger partial charge in [-0.1, -0.05) is 17.7 Å². The van der Waals surface area contributed by atoms with Crippen molar-refractivity contribution in [2.45, 2.75) is 19.4 Å². The minimum absolute atomic E-state index is 0.174. The van der Waals surface area contributed by atoms with Crippen LogP contribution in [0.3, 0.4) is 0 Å². The minimum atomic E-state index is -0.476. The first-order valence-electron chi connectivity index (χ1n) is 6.08. The second-order valence-electron chi connectivity index (χ2n) is 4.63. The molecular formula is C14H13N3O2. The molecule has 1 fully saturated rings. The summed E-state index contributed by atoms with van der Waals surface area (Å²) in [6.45, 7) is 1.96. The third-order valence-electron chi connectivity index (χ3n) is 3.30. The molecule has 1 aliphatic heterocycles. The van der Waals surface area contributed by atoms with Gasteiger partial charge in [0.15, 0.2) is 0 Å². The lowest BCUT2D eigenvalue weighted by molar-refractivity contribution is -0.122. The fraction of sp³-hybridized carbons (Fsp3) is 0.214. The van der Waals surface area contributed by atoms with E-state index in [-0.39, 0.29) is 18.2 Å². The Balaban J connectivity index is 1.93. The van der Waals surface area contributed by atoms with E-state index in [9.17, 15) is 9.59 Å². The fourth-order valence-corrected chi connectivity index (χ4v) is 2.27. The van der Waals surface area contributed by atoms with Crippen molar-refractivity contribution in [1.82, 2.24) is 9.55 Å². The molecule has 3 rings (SSSR count). The highest BCUT2D eigenvalue weighted by Gasteiger charge is 2.40. The molecule has 0 radical (unpaired) electrons. The average Bonchev–Trinajstić information content (AvgIpc) is 3.00. The van der Waals surface area contributed by atoms with Crippen molar-refractivity contribution >= 4 is 17.5 Å². The van der Waals surface area contributed by atoms with Crippen LogP contribution in [0, 0.1) is 6.92 Å². The molecule has 0 saturated carbocycles. The third-order valence-corrected chi connectivity index (χ3v) is 3.30. The maximum absolute atomic E-state index is 12.4. The van der Waals surface area contributed by atoms with Gasteiger partial charge in [0.25, 0.3) is 5.91 Å². The molecule has 0 N–H and O–H groups in total. The Bertz CT molecular complexity index is 617. The number of hydrogen-bond donors (Lipinski definition) is 0. The summed E-state index contributed by atoms with van der Waals surface area (Å²) in [7, 11) is 0. The number of anilines is 1. The van der Waals surface area contributed by atoms with Gasteiger partial charge >= 0.3 is 0 Å². The van der Waals surface area contributed by atoms with Gasteiger partial charge in [-0.2, -0.15) is 0 Å². The Morgan fingerprint density at radius 1 is 1.21 bits per heavy atom. The van der Waals surface area contributed by atoms with Crippen LogP contribution in [0.15, 0.2) is 43.0 Å². The quantitative estimate of drug-likeness (QED) is 0.767. The maximum atomic E-state index is 12.4. The average molecular weight is 255 g/mol. The summed E-state index contributed by atoms with van der Waals surface area (Å²) in [6.07, 6.45) is 5.05. The zero-order chi connectivity index (χ0) is 13.4. The van der Waals surface area contributed by atoms with E-state index in [0.717, 1.165) is 5.56 Å². The number of carbonyl (C=O) groups excluding carboxylic acids is 2. The molecule has 5 heteroatoms. The molecule has 1 aliphatic rings. The molecule has 2 aromatic rings. The maximum Gasteiger partial charge on any atom is 0.257 e. The molecule has 0 unspecified atom stereocenters. The molecule has 1 aromatic carbocycles. The van der Waals surface area contributed by atoms with Crippen molar-refractivity contribution in [2.24, 2.45) is 0 Å². The number of rotatable bonds is 2. The van der Waals surface area contributed by atoms with E-state index in [1.54, 1.807) is 35.4 Å². The van der Waals surface area contributed by atoms with Gasteiger partial charge in [-0.25, -0.2) is 9.88 Å². The summed E-state index contributed by atoms with van der Waals surface area (Å²) < 4.78 is 1.68. The van der Waals surface area contributed by atoms with Gasteiger partial charge in [-0.15, -0.1) is 0 Å². The highest BCUT2D eigenvalue weighted by molar-refractivity contribution is 6.21. The second-order valence-corrected chi connectivity index (χ2v) is 4.63. The molecular weight excluding hydrogens is 242 g/mol. The van der Waals surface area contributed by atoms with Gasteiger partial charge in [0, 0.05) is 12.4 Å². The van der Waals surface area contributed by atoms with Crippen LogP contribution in [0.4, 0.5) is 5.69 Å². The molecule has 1 aromatic heterocycles. The molecule has 0 bridgehead atoms. The summed E-state index contributed by atoms with van der Waals surface area (Å²) in [5, 5.41) is 0. The van der Waals surface area contributed by atoms with Crippen LogP contribution < -0.4 is 4.90 Å². The zero-order valence-electron chi connectivity index (χ0n) is 10.5. The number of nitrogens with zero attached hydrogens (tertiary/aromatic N) is 3. The lowest BCUT2D eigenvalue weighted by Gasteiger charge is -2.15. The van der Waals surface area contributed by atoms with Crippen LogP contribution >= 0.6 is 0 Å². The number of amides is 2. The van der Waals surface area contributed by atoms with Crippen LogP contribution in [0.25, 0.3) is 0 Å². The predicted octanol–water partition coefficient (Wildman–Crippen LogP) is 1.70. The van der Waals surface area contributed by atoms with Gasteiger partial charge < -0.3 is 4.57 Å². The van der Waals surface area contributed by atoms with Crippen molar-refractivity contribution in [3.8, 4) is 0 Å². The molecule has 1 saturated heterocycles. The van der Waals surface area contributed by atoms with Gasteiger partial charge in [0.1, 0.15) is 6.04 Å². The van der Waals surface area contributed by atoms with E-state index < -0.39 is 6.04 Å². The van der Waals surface area contributed by atoms with Gasteiger partial charge in [-0.3, -0.25) is 9.59 Å². The minimum Gasteiger partial charge on any atom is -0.324 e. The highest BCUT2D eigenvalue weighted by Crippen LogP contribution is 2.29. The molecule has 1 atom stereocenters. The topological polar surface area (TPSA) is 55.2 Å². The van der Waals surface area contributed by atoms with E-state index in [0.29, 0.717) is 5.69 Å². The molecule has 2 heterocycles. The van der Waals surface area contributed by atoms with Crippen molar-refractivity contribution in [1.29, 1.82) is 0 Å². The first kappa shape index (κ1) is 11.6. The Morgan fingerprint density at radius 2 is 1.95 bits per heavy atom. The fourth-order valence-electron chi connectivity index (χ4n) is 2.27. The van der Waals surface area contributed by atoms with Crippen LogP contribution in [-0.2, 0) is 9.59 Å². The Morgan fingerprint density at radius 3 is 2.58 bits per heavy atom.